The highest BCUT2D eigenvalue weighted by molar-refractivity contribution is 5.97. The third-order valence-electron chi connectivity index (χ3n) is 5.03. The monoisotopic (exact) mass is 380 g/mol. The van der Waals surface area contributed by atoms with E-state index in [0.717, 1.165) is 16.9 Å². The first-order chi connectivity index (χ1) is 13.3. The molecule has 1 aliphatic rings. The van der Waals surface area contributed by atoms with Crippen LogP contribution < -0.4 is 15.4 Å². The lowest BCUT2D eigenvalue weighted by molar-refractivity contribution is -0.123. The van der Waals surface area contributed by atoms with Gasteiger partial charge in [0.1, 0.15) is 11.8 Å². The molecule has 0 saturated heterocycles. The zero-order valence-electron chi connectivity index (χ0n) is 16.9. The van der Waals surface area contributed by atoms with Crippen molar-refractivity contribution < 1.29 is 14.3 Å². The normalized spacial score (nSPS) is 17.1. The summed E-state index contributed by atoms with van der Waals surface area (Å²) in [5.74, 6) is 0.339. The number of rotatable bonds is 4. The lowest BCUT2D eigenvalue weighted by Gasteiger charge is -2.27. The van der Waals surface area contributed by atoms with Crippen LogP contribution in [-0.2, 0) is 10.2 Å². The molecule has 2 aromatic rings. The maximum absolute atomic E-state index is 12.6. The molecule has 0 bridgehead atoms. The number of para-hydroxylation sites is 1. The molecular formula is C23H28N2O3. The Morgan fingerprint density at radius 2 is 1.75 bits per heavy atom. The molecule has 0 aliphatic carbocycles. The van der Waals surface area contributed by atoms with Gasteiger partial charge in [-0.2, -0.15) is 0 Å². The fourth-order valence-electron chi connectivity index (χ4n) is 3.26. The Balaban J connectivity index is 1.61. The van der Waals surface area contributed by atoms with Crippen LogP contribution in [0.15, 0.2) is 48.5 Å². The third-order valence-corrected chi connectivity index (χ3v) is 5.03. The second-order valence-electron chi connectivity index (χ2n) is 8.26. The Morgan fingerprint density at radius 3 is 2.43 bits per heavy atom. The standard InChI is InChI=1S/C23H28N2O3/c1-15(24-22(27)16-9-11-17(12-10-16)23(2,3)4)21(26)25-19-13-14-28-20-8-6-5-7-18(19)20/h5-12,15,19H,13-14H2,1-4H3,(H,24,27)(H,25,26)/t15-,19?/m0/s1. The zero-order valence-corrected chi connectivity index (χ0v) is 16.9. The van der Waals surface area contributed by atoms with Crippen molar-refractivity contribution in [2.75, 3.05) is 6.61 Å². The summed E-state index contributed by atoms with van der Waals surface area (Å²) in [6.45, 7) is 8.64. The molecule has 0 fully saturated rings. The summed E-state index contributed by atoms with van der Waals surface area (Å²) in [7, 11) is 0. The van der Waals surface area contributed by atoms with Crippen molar-refractivity contribution in [3.63, 3.8) is 0 Å². The van der Waals surface area contributed by atoms with Crippen LogP contribution in [0, 0.1) is 0 Å². The summed E-state index contributed by atoms with van der Waals surface area (Å²) in [5.41, 5.74) is 2.71. The van der Waals surface area contributed by atoms with E-state index in [4.69, 9.17) is 4.74 Å². The van der Waals surface area contributed by atoms with Crippen LogP contribution in [-0.4, -0.2) is 24.5 Å². The molecule has 0 spiro atoms. The Hall–Kier alpha value is -2.82. The van der Waals surface area contributed by atoms with Crippen molar-refractivity contribution in [2.45, 2.75) is 51.6 Å². The highest BCUT2D eigenvalue weighted by Gasteiger charge is 2.25. The summed E-state index contributed by atoms with van der Waals surface area (Å²) in [6.07, 6.45) is 0.706. The lowest BCUT2D eigenvalue weighted by Crippen LogP contribution is -2.46. The summed E-state index contributed by atoms with van der Waals surface area (Å²) in [4.78, 5) is 25.1. The Morgan fingerprint density at radius 1 is 1.07 bits per heavy atom. The summed E-state index contributed by atoms with van der Waals surface area (Å²) in [6, 6.07) is 14.5. The molecule has 148 valence electrons. The van der Waals surface area contributed by atoms with Gasteiger partial charge < -0.3 is 15.4 Å². The van der Waals surface area contributed by atoms with Crippen LogP contribution >= 0.6 is 0 Å². The van der Waals surface area contributed by atoms with E-state index in [-0.39, 0.29) is 23.3 Å². The van der Waals surface area contributed by atoms with Crippen LogP contribution in [0.1, 0.15) is 61.6 Å². The minimum Gasteiger partial charge on any atom is -0.493 e. The molecule has 3 rings (SSSR count). The van der Waals surface area contributed by atoms with Crippen molar-refractivity contribution in [1.29, 1.82) is 0 Å². The van der Waals surface area contributed by atoms with Gasteiger partial charge in [-0.05, 0) is 36.1 Å². The van der Waals surface area contributed by atoms with Gasteiger partial charge in [-0.15, -0.1) is 0 Å². The number of ether oxygens (including phenoxy) is 1. The molecule has 1 unspecified atom stereocenters. The van der Waals surface area contributed by atoms with E-state index in [0.29, 0.717) is 18.6 Å². The molecule has 5 nitrogen and oxygen atoms in total. The van der Waals surface area contributed by atoms with Gasteiger partial charge in [0, 0.05) is 17.5 Å². The number of amides is 2. The number of hydrogen-bond donors (Lipinski definition) is 2. The predicted molar refractivity (Wildman–Crippen MR) is 110 cm³/mol. The molecule has 2 aromatic carbocycles. The number of benzene rings is 2. The van der Waals surface area contributed by atoms with Gasteiger partial charge in [0.15, 0.2) is 0 Å². The van der Waals surface area contributed by atoms with Crippen LogP contribution in [0.4, 0.5) is 0 Å². The molecule has 1 heterocycles. The Kier molecular flexibility index (Phi) is 5.73. The largest absolute Gasteiger partial charge is 0.493 e. The van der Waals surface area contributed by atoms with E-state index in [1.165, 1.54) is 0 Å². The topological polar surface area (TPSA) is 67.4 Å². The van der Waals surface area contributed by atoms with Gasteiger partial charge >= 0.3 is 0 Å². The van der Waals surface area contributed by atoms with E-state index in [1.54, 1.807) is 19.1 Å². The summed E-state index contributed by atoms with van der Waals surface area (Å²) >= 11 is 0. The first-order valence-electron chi connectivity index (χ1n) is 9.69. The molecule has 0 aromatic heterocycles. The molecule has 2 atom stereocenters. The fraction of sp³-hybridized carbons (Fsp3) is 0.391. The van der Waals surface area contributed by atoms with E-state index in [1.807, 2.05) is 36.4 Å². The van der Waals surface area contributed by atoms with Crippen molar-refractivity contribution >= 4 is 11.8 Å². The fourth-order valence-corrected chi connectivity index (χ4v) is 3.26. The second-order valence-corrected chi connectivity index (χ2v) is 8.26. The molecule has 5 heteroatoms. The number of carbonyl (C=O) groups excluding carboxylic acids is 2. The number of fused-ring (bicyclic) bond motifs is 1. The lowest BCUT2D eigenvalue weighted by atomic mass is 9.86. The molecule has 28 heavy (non-hydrogen) atoms. The smallest absolute Gasteiger partial charge is 0.251 e. The first-order valence-corrected chi connectivity index (χ1v) is 9.69. The first kappa shape index (κ1) is 19.9. The highest BCUT2D eigenvalue weighted by atomic mass is 16.5. The van der Waals surface area contributed by atoms with Crippen LogP contribution in [0.3, 0.4) is 0 Å². The average Bonchev–Trinajstić information content (AvgIpc) is 2.67. The van der Waals surface area contributed by atoms with Gasteiger partial charge in [0.25, 0.3) is 5.91 Å². The quantitative estimate of drug-likeness (QED) is 0.849. The second kappa shape index (κ2) is 8.05. The predicted octanol–water partition coefficient (Wildman–Crippen LogP) is 3.74. The molecule has 2 amide bonds. The zero-order chi connectivity index (χ0) is 20.3. The molecule has 0 saturated carbocycles. The minimum atomic E-state index is -0.634. The SMILES string of the molecule is C[C@H](NC(=O)c1ccc(C(C)(C)C)cc1)C(=O)NC1CCOc2ccccc21. The van der Waals surface area contributed by atoms with Crippen molar-refractivity contribution in [2.24, 2.45) is 0 Å². The van der Waals surface area contributed by atoms with Crippen LogP contribution in [0.2, 0.25) is 0 Å². The average molecular weight is 380 g/mol. The van der Waals surface area contributed by atoms with E-state index < -0.39 is 6.04 Å². The van der Waals surface area contributed by atoms with Crippen molar-refractivity contribution in [1.82, 2.24) is 10.6 Å². The van der Waals surface area contributed by atoms with Crippen LogP contribution in [0.25, 0.3) is 0 Å². The van der Waals surface area contributed by atoms with E-state index in [2.05, 4.69) is 31.4 Å². The Labute approximate surface area is 166 Å². The molecule has 0 radical (unpaired) electrons. The summed E-state index contributed by atoms with van der Waals surface area (Å²) in [5, 5.41) is 5.81. The van der Waals surface area contributed by atoms with Gasteiger partial charge in [0.2, 0.25) is 5.91 Å². The highest BCUT2D eigenvalue weighted by Crippen LogP contribution is 2.31. The molecule has 2 N–H and O–H groups in total. The van der Waals surface area contributed by atoms with Gasteiger partial charge in [-0.1, -0.05) is 51.1 Å². The number of hydrogen-bond acceptors (Lipinski definition) is 3. The third kappa shape index (κ3) is 4.53. The van der Waals surface area contributed by atoms with Crippen molar-refractivity contribution in [3.8, 4) is 5.75 Å². The van der Waals surface area contributed by atoms with Gasteiger partial charge in [-0.25, -0.2) is 0 Å². The van der Waals surface area contributed by atoms with Gasteiger partial charge in [-0.3, -0.25) is 9.59 Å². The number of nitrogens with one attached hydrogen (secondary N) is 2. The minimum absolute atomic E-state index is 0.0299. The number of carbonyl (C=O) groups is 2. The molecule has 1 aliphatic heterocycles. The van der Waals surface area contributed by atoms with Gasteiger partial charge in [0.05, 0.1) is 12.6 Å². The maximum atomic E-state index is 12.6. The maximum Gasteiger partial charge on any atom is 0.251 e. The van der Waals surface area contributed by atoms with E-state index in [9.17, 15) is 9.59 Å². The summed E-state index contributed by atoms with van der Waals surface area (Å²) < 4.78 is 5.63. The Bertz CT molecular complexity index is 853. The van der Waals surface area contributed by atoms with Crippen molar-refractivity contribution in [3.05, 3.63) is 65.2 Å². The van der Waals surface area contributed by atoms with E-state index >= 15 is 0 Å². The molecular weight excluding hydrogens is 352 g/mol. The van der Waals surface area contributed by atoms with Crippen LogP contribution in [0.5, 0.6) is 5.75 Å².